The van der Waals surface area contributed by atoms with E-state index in [2.05, 4.69) is 34.6 Å². The van der Waals surface area contributed by atoms with Crippen LogP contribution in [0.15, 0.2) is 0 Å². The number of epoxide rings is 1. The van der Waals surface area contributed by atoms with Gasteiger partial charge in [0.15, 0.2) is 0 Å². The summed E-state index contributed by atoms with van der Waals surface area (Å²) in [6.45, 7) is 12.6. The van der Waals surface area contributed by atoms with Crippen molar-refractivity contribution in [3.63, 3.8) is 0 Å². The summed E-state index contributed by atoms with van der Waals surface area (Å²) >= 11 is 0. The summed E-state index contributed by atoms with van der Waals surface area (Å²) in [4.78, 5) is 0. The number of ether oxygens (including phenoxy) is 1. The molecule has 1 aliphatic carbocycles. The van der Waals surface area contributed by atoms with Crippen LogP contribution in [-0.4, -0.2) is 12.2 Å². The zero-order valence-electron chi connectivity index (χ0n) is 8.19. The van der Waals surface area contributed by atoms with Crippen LogP contribution in [-0.2, 0) is 4.74 Å². The number of rotatable bonds is 1. The molecule has 1 unspecified atom stereocenters. The molecule has 64 valence electrons. The predicted octanol–water partition coefficient (Wildman–Crippen LogP) is 2.46. The first-order chi connectivity index (χ1) is 4.82. The smallest absolute Gasteiger partial charge is 0.0927 e. The molecule has 0 radical (unpaired) electrons. The van der Waals surface area contributed by atoms with Gasteiger partial charge in [0.25, 0.3) is 0 Å². The highest BCUT2D eigenvalue weighted by Gasteiger charge is 2.74. The van der Waals surface area contributed by atoms with Gasteiger partial charge in [0.05, 0.1) is 12.2 Å². The molecule has 1 heteroatoms. The lowest BCUT2D eigenvalue weighted by Gasteiger charge is -2.05. The summed E-state index contributed by atoms with van der Waals surface area (Å²) in [6, 6.07) is 0. The van der Waals surface area contributed by atoms with Gasteiger partial charge in [0.1, 0.15) is 0 Å². The maximum atomic E-state index is 5.49. The van der Waals surface area contributed by atoms with Gasteiger partial charge in [-0.15, -0.1) is 0 Å². The molecule has 1 nitrogen and oxygen atoms in total. The van der Waals surface area contributed by atoms with Gasteiger partial charge in [-0.05, 0) is 17.8 Å². The monoisotopic (exact) mass is 154 g/mol. The predicted molar refractivity (Wildman–Crippen MR) is 45.4 cm³/mol. The molecule has 0 spiro atoms. The Morgan fingerprint density at radius 2 is 1.36 bits per heavy atom. The van der Waals surface area contributed by atoms with E-state index in [0.29, 0.717) is 10.8 Å². The van der Waals surface area contributed by atoms with Gasteiger partial charge in [-0.25, -0.2) is 0 Å². The second-order valence-electron chi connectivity index (χ2n) is 5.48. The van der Waals surface area contributed by atoms with Gasteiger partial charge in [-0.2, -0.15) is 0 Å². The van der Waals surface area contributed by atoms with Crippen molar-refractivity contribution < 1.29 is 4.74 Å². The molecule has 1 atom stereocenters. The summed E-state index contributed by atoms with van der Waals surface area (Å²) in [5.41, 5.74) is 1.20. The minimum absolute atomic E-state index is 0.229. The third-order valence-electron chi connectivity index (χ3n) is 4.23. The Labute approximate surface area is 69.1 Å². The van der Waals surface area contributed by atoms with Crippen molar-refractivity contribution in [3.8, 4) is 0 Å². The zero-order chi connectivity index (χ0) is 8.49. The van der Waals surface area contributed by atoms with Gasteiger partial charge >= 0.3 is 0 Å². The highest BCUT2D eigenvalue weighted by Crippen LogP contribution is 2.74. The van der Waals surface area contributed by atoms with Crippen molar-refractivity contribution in [2.24, 2.45) is 16.7 Å². The number of hydrogen-bond donors (Lipinski definition) is 0. The topological polar surface area (TPSA) is 12.5 Å². The van der Waals surface area contributed by atoms with Crippen molar-refractivity contribution in [2.75, 3.05) is 6.61 Å². The van der Waals surface area contributed by atoms with Crippen LogP contribution >= 0.6 is 0 Å². The van der Waals surface area contributed by atoms with Gasteiger partial charge in [-0.1, -0.05) is 27.7 Å². The fourth-order valence-electron chi connectivity index (χ4n) is 3.00. The third-order valence-corrected chi connectivity index (χ3v) is 4.23. The second kappa shape index (κ2) is 1.52. The summed E-state index contributed by atoms with van der Waals surface area (Å²) in [5.74, 6) is 0.766. The van der Waals surface area contributed by atoms with E-state index in [-0.39, 0.29) is 5.60 Å². The van der Waals surface area contributed by atoms with Gasteiger partial charge < -0.3 is 4.74 Å². The average molecular weight is 154 g/mol. The van der Waals surface area contributed by atoms with Crippen molar-refractivity contribution in [1.29, 1.82) is 0 Å². The molecule has 0 bridgehead atoms. The molecular formula is C10H18O. The maximum Gasteiger partial charge on any atom is 0.0927 e. The Balaban J connectivity index is 2.21. The molecular weight excluding hydrogens is 136 g/mol. The average Bonchev–Trinajstić information content (AvgIpc) is 2.54. The molecule has 1 heterocycles. The largest absolute Gasteiger partial charge is 0.370 e. The molecule has 1 saturated heterocycles. The molecule has 2 rings (SSSR count). The molecule has 2 aliphatic rings. The van der Waals surface area contributed by atoms with E-state index in [1.54, 1.807) is 0 Å². The van der Waals surface area contributed by atoms with Crippen LogP contribution in [0.4, 0.5) is 0 Å². The standard InChI is InChI=1S/C10H18O/c1-8(2)7(9(8,3)4)10(5)6-11-10/h7H,6H2,1-5H3. The zero-order valence-corrected chi connectivity index (χ0v) is 8.19. The first-order valence-electron chi connectivity index (χ1n) is 4.46. The van der Waals surface area contributed by atoms with Crippen LogP contribution in [0.2, 0.25) is 0 Å². The molecule has 0 amide bonds. The van der Waals surface area contributed by atoms with E-state index >= 15 is 0 Å². The van der Waals surface area contributed by atoms with Crippen molar-refractivity contribution >= 4 is 0 Å². The minimum atomic E-state index is 0.229. The van der Waals surface area contributed by atoms with Crippen molar-refractivity contribution in [2.45, 2.75) is 40.2 Å². The van der Waals surface area contributed by atoms with Gasteiger partial charge in [-0.3, -0.25) is 0 Å². The Kier molecular flexibility index (Phi) is 1.05. The molecule has 1 aliphatic heterocycles. The fraction of sp³-hybridized carbons (Fsp3) is 1.00. The lowest BCUT2D eigenvalue weighted by atomic mass is 10.00. The molecule has 0 aromatic heterocycles. The first-order valence-corrected chi connectivity index (χ1v) is 4.46. The van der Waals surface area contributed by atoms with Crippen LogP contribution in [0, 0.1) is 16.7 Å². The van der Waals surface area contributed by atoms with Crippen LogP contribution in [0.5, 0.6) is 0 Å². The van der Waals surface area contributed by atoms with E-state index in [0.717, 1.165) is 12.5 Å². The maximum absolute atomic E-state index is 5.49. The third kappa shape index (κ3) is 0.703. The SMILES string of the molecule is CC1(C2C(C)(C)C2(C)C)CO1. The van der Waals surface area contributed by atoms with E-state index in [4.69, 9.17) is 4.74 Å². The minimum Gasteiger partial charge on any atom is -0.370 e. The summed E-state index contributed by atoms with van der Waals surface area (Å²) in [6.07, 6.45) is 0. The van der Waals surface area contributed by atoms with Gasteiger partial charge in [0, 0.05) is 5.92 Å². The summed E-state index contributed by atoms with van der Waals surface area (Å²) in [7, 11) is 0. The van der Waals surface area contributed by atoms with E-state index in [9.17, 15) is 0 Å². The second-order valence-corrected chi connectivity index (χ2v) is 5.48. The van der Waals surface area contributed by atoms with Crippen molar-refractivity contribution in [3.05, 3.63) is 0 Å². The first kappa shape index (κ1) is 7.60. The Bertz CT molecular complexity index is 185. The molecule has 2 fully saturated rings. The Morgan fingerprint density at radius 3 is 1.45 bits per heavy atom. The summed E-state index contributed by atoms with van der Waals surface area (Å²) in [5, 5.41) is 0. The normalized spacial score (nSPS) is 45.5. The summed E-state index contributed by atoms with van der Waals surface area (Å²) < 4.78 is 5.49. The molecule has 0 aromatic carbocycles. The Hall–Kier alpha value is -0.0400. The Morgan fingerprint density at radius 1 is 1.00 bits per heavy atom. The fourth-order valence-corrected chi connectivity index (χ4v) is 3.00. The van der Waals surface area contributed by atoms with Crippen LogP contribution < -0.4 is 0 Å². The van der Waals surface area contributed by atoms with E-state index < -0.39 is 0 Å². The van der Waals surface area contributed by atoms with Crippen molar-refractivity contribution in [1.82, 2.24) is 0 Å². The van der Waals surface area contributed by atoms with Crippen LogP contribution in [0.25, 0.3) is 0 Å². The lowest BCUT2D eigenvalue weighted by Crippen LogP contribution is -2.12. The van der Waals surface area contributed by atoms with E-state index in [1.807, 2.05) is 0 Å². The van der Waals surface area contributed by atoms with E-state index in [1.165, 1.54) is 0 Å². The lowest BCUT2D eigenvalue weighted by molar-refractivity contribution is 0.263. The molecule has 0 aromatic rings. The molecule has 0 N–H and O–H groups in total. The van der Waals surface area contributed by atoms with Gasteiger partial charge in [0.2, 0.25) is 0 Å². The quantitative estimate of drug-likeness (QED) is 0.528. The number of hydrogen-bond acceptors (Lipinski definition) is 1. The highest BCUT2D eigenvalue weighted by atomic mass is 16.6. The van der Waals surface area contributed by atoms with Crippen LogP contribution in [0.1, 0.15) is 34.6 Å². The van der Waals surface area contributed by atoms with Crippen LogP contribution in [0.3, 0.4) is 0 Å². The highest BCUT2D eigenvalue weighted by molar-refractivity contribution is 5.22. The molecule has 11 heavy (non-hydrogen) atoms. The molecule has 1 saturated carbocycles.